The Bertz CT molecular complexity index is 1630. The smallest absolute Gasteiger partial charge is 0.363 e. The summed E-state index contributed by atoms with van der Waals surface area (Å²) in [6.45, 7) is 0.555. The van der Waals surface area contributed by atoms with Crippen molar-refractivity contribution in [2.45, 2.75) is 57.2 Å². The molecule has 0 unspecified atom stereocenters. The Kier molecular flexibility index (Phi) is 10.3. The SMILES string of the molecule is Cc1c(N2CCN(CCCC(F)(F)C(F)(F)F)CC2)c(=O)n(C[C@H](N)c2ccccc2)c(=O)n1Cc1c(F)cccc1C(F)(F)F. The van der Waals surface area contributed by atoms with Gasteiger partial charge in [-0.25, -0.2) is 9.18 Å². The number of nitrogens with zero attached hydrogens (tertiary/aromatic N) is 4. The molecule has 0 bridgehead atoms. The normalized spacial score (nSPS) is 15.8. The Morgan fingerprint density at radius 2 is 1.48 bits per heavy atom. The molecule has 46 heavy (non-hydrogen) atoms. The largest absolute Gasteiger partial charge is 0.453 e. The van der Waals surface area contributed by atoms with Crippen molar-refractivity contribution < 1.29 is 39.5 Å². The summed E-state index contributed by atoms with van der Waals surface area (Å²) in [6, 6.07) is 9.99. The monoisotopic (exact) mass is 665 g/mol. The van der Waals surface area contributed by atoms with Crippen LogP contribution in [0.15, 0.2) is 58.1 Å². The van der Waals surface area contributed by atoms with Crippen molar-refractivity contribution >= 4 is 5.69 Å². The number of aromatic nitrogens is 2. The molecule has 1 fully saturated rings. The van der Waals surface area contributed by atoms with Crippen LogP contribution < -0.4 is 21.9 Å². The van der Waals surface area contributed by atoms with E-state index in [1.54, 1.807) is 40.1 Å². The van der Waals surface area contributed by atoms with Crippen molar-refractivity contribution in [1.82, 2.24) is 14.0 Å². The highest BCUT2D eigenvalue weighted by Gasteiger charge is 2.56. The van der Waals surface area contributed by atoms with Crippen molar-refractivity contribution in [3.8, 4) is 0 Å². The lowest BCUT2D eigenvalue weighted by Crippen LogP contribution is -2.52. The summed E-state index contributed by atoms with van der Waals surface area (Å²) in [6.07, 6.45) is -12.4. The van der Waals surface area contributed by atoms with Crippen molar-refractivity contribution in [1.29, 1.82) is 0 Å². The molecule has 16 heteroatoms. The summed E-state index contributed by atoms with van der Waals surface area (Å²) in [7, 11) is 0. The summed E-state index contributed by atoms with van der Waals surface area (Å²) in [5, 5.41) is 0. The lowest BCUT2D eigenvalue weighted by atomic mass is 10.1. The van der Waals surface area contributed by atoms with E-state index in [2.05, 4.69) is 0 Å². The molecule has 4 rings (SSSR count). The van der Waals surface area contributed by atoms with Crippen LogP contribution in [0.1, 0.15) is 41.3 Å². The Balaban J connectivity index is 1.68. The molecule has 1 aromatic heterocycles. The Morgan fingerprint density at radius 1 is 0.848 bits per heavy atom. The third-order valence-electron chi connectivity index (χ3n) is 8.07. The van der Waals surface area contributed by atoms with Crippen molar-refractivity contribution in [2.24, 2.45) is 5.73 Å². The minimum Gasteiger partial charge on any atom is -0.363 e. The van der Waals surface area contributed by atoms with E-state index in [1.807, 2.05) is 0 Å². The molecule has 2 heterocycles. The maximum Gasteiger partial charge on any atom is 0.453 e. The molecule has 0 spiro atoms. The molecule has 2 aromatic carbocycles. The number of anilines is 1. The molecule has 0 amide bonds. The molecule has 1 aliphatic rings. The van der Waals surface area contributed by atoms with Gasteiger partial charge in [0.15, 0.2) is 0 Å². The van der Waals surface area contributed by atoms with Gasteiger partial charge < -0.3 is 10.6 Å². The first-order valence-electron chi connectivity index (χ1n) is 14.3. The zero-order valence-corrected chi connectivity index (χ0v) is 24.6. The van der Waals surface area contributed by atoms with Crippen LogP contribution in [0.2, 0.25) is 0 Å². The fourth-order valence-corrected chi connectivity index (χ4v) is 5.50. The highest BCUT2D eigenvalue weighted by molar-refractivity contribution is 5.50. The first kappa shape index (κ1) is 35.1. The minimum atomic E-state index is -5.65. The molecule has 0 aliphatic carbocycles. The van der Waals surface area contributed by atoms with Crippen LogP contribution in [0.25, 0.3) is 0 Å². The fraction of sp³-hybridized carbons (Fsp3) is 0.467. The number of rotatable bonds is 10. The van der Waals surface area contributed by atoms with E-state index >= 15 is 0 Å². The second kappa shape index (κ2) is 13.5. The van der Waals surface area contributed by atoms with Gasteiger partial charge in [-0.2, -0.15) is 35.1 Å². The number of hydrogen-bond donors (Lipinski definition) is 1. The van der Waals surface area contributed by atoms with Crippen molar-refractivity contribution in [3.05, 3.63) is 97.6 Å². The highest BCUT2D eigenvalue weighted by atomic mass is 19.4. The van der Waals surface area contributed by atoms with Crippen LogP contribution in [0.3, 0.4) is 0 Å². The number of benzene rings is 2. The van der Waals surface area contributed by atoms with E-state index in [9.17, 15) is 49.1 Å². The molecule has 1 atom stereocenters. The van der Waals surface area contributed by atoms with Crippen LogP contribution in [0.5, 0.6) is 0 Å². The Hall–Kier alpha value is -3.79. The number of alkyl halides is 8. The van der Waals surface area contributed by atoms with Crippen molar-refractivity contribution in [3.63, 3.8) is 0 Å². The summed E-state index contributed by atoms with van der Waals surface area (Å²) in [5.41, 5.74) is 2.91. The topological polar surface area (TPSA) is 76.5 Å². The minimum absolute atomic E-state index is 0.0332. The maximum absolute atomic E-state index is 14.9. The van der Waals surface area contributed by atoms with Gasteiger partial charge in [0.05, 0.1) is 18.7 Å². The van der Waals surface area contributed by atoms with Gasteiger partial charge in [-0.1, -0.05) is 36.4 Å². The lowest BCUT2D eigenvalue weighted by Gasteiger charge is -2.37. The predicted octanol–water partition coefficient (Wildman–Crippen LogP) is 5.32. The number of nitrogens with two attached hydrogens (primary N) is 1. The average molecular weight is 666 g/mol. The fourth-order valence-electron chi connectivity index (χ4n) is 5.50. The first-order valence-corrected chi connectivity index (χ1v) is 14.3. The van der Waals surface area contributed by atoms with E-state index < -0.39 is 71.9 Å². The molecule has 0 saturated carbocycles. The van der Waals surface area contributed by atoms with Crippen LogP contribution in [0.4, 0.5) is 45.2 Å². The summed E-state index contributed by atoms with van der Waals surface area (Å²) >= 11 is 0. The van der Waals surface area contributed by atoms with E-state index in [0.29, 0.717) is 11.6 Å². The molecule has 1 aliphatic heterocycles. The van der Waals surface area contributed by atoms with E-state index in [0.717, 1.165) is 21.3 Å². The molecular formula is C30H32F9N5O2. The van der Waals surface area contributed by atoms with Gasteiger partial charge in [0.25, 0.3) is 5.56 Å². The number of hydrogen-bond acceptors (Lipinski definition) is 5. The molecule has 3 aromatic rings. The van der Waals surface area contributed by atoms with Gasteiger partial charge in [-0.15, -0.1) is 0 Å². The van der Waals surface area contributed by atoms with Gasteiger partial charge >= 0.3 is 24.0 Å². The zero-order chi connectivity index (χ0) is 34.0. The predicted molar refractivity (Wildman–Crippen MR) is 152 cm³/mol. The van der Waals surface area contributed by atoms with E-state index in [1.165, 1.54) is 6.92 Å². The van der Waals surface area contributed by atoms with E-state index in [4.69, 9.17) is 5.73 Å². The number of piperazine rings is 1. The standard InChI is InChI=1S/C30H32F9N5O2/c1-19-25(42-15-13-41(14-16-42)12-6-11-28(32,33)30(37,38)39)26(45)44(18-24(40)20-7-3-2-4-8-20)27(46)43(19)17-21-22(29(34,35)36)9-5-10-23(21)31/h2-5,7-10,24H,6,11-18,40H2,1H3/t24-/m0/s1. The second-order valence-corrected chi connectivity index (χ2v) is 11.1. The first-order chi connectivity index (χ1) is 21.4. The van der Waals surface area contributed by atoms with Crippen molar-refractivity contribution in [2.75, 3.05) is 37.6 Å². The molecule has 252 valence electrons. The molecular weight excluding hydrogens is 633 g/mol. The molecule has 0 radical (unpaired) electrons. The van der Waals surface area contributed by atoms with Crippen LogP contribution >= 0.6 is 0 Å². The Morgan fingerprint density at radius 3 is 2.07 bits per heavy atom. The third kappa shape index (κ3) is 7.60. The summed E-state index contributed by atoms with van der Waals surface area (Å²) in [5.74, 6) is -6.03. The van der Waals surface area contributed by atoms with Crippen LogP contribution in [-0.2, 0) is 19.3 Å². The van der Waals surface area contributed by atoms with Crippen LogP contribution in [0, 0.1) is 12.7 Å². The zero-order valence-electron chi connectivity index (χ0n) is 24.6. The van der Waals surface area contributed by atoms with E-state index in [-0.39, 0.29) is 50.6 Å². The van der Waals surface area contributed by atoms with Gasteiger partial charge in [-0.05, 0) is 37.6 Å². The summed E-state index contributed by atoms with van der Waals surface area (Å²) < 4.78 is 122. The lowest BCUT2D eigenvalue weighted by molar-refractivity contribution is -0.284. The van der Waals surface area contributed by atoms with Gasteiger partial charge in [0, 0.05) is 49.9 Å². The van der Waals surface area contributed by atoms with Gasteiger partial charge in [0.2, 0.25) is 0 Å². The third-order valence-corrected chi connectivity index (χ3v) is 8.07. The average Bonchev–Trinajstić information content (AvgIpc) is 2.98. The van der Waals surface area contributed by atoms with Gasteiger partial charge in [0.1, 0.15) is 11.5 Å². The maximum atomic E-state index is 14.9. The van der Waals surface area contributed by atoms with Gasteiger partial charge in [-0.3, -0.25) is 18.8 Å². The summed E-state index contributed by atoms with van der Waals surface area (Å²) in [4.78, 5) is 30.7. The quantitative estimate of drug-likeness (QED) is 0.297. The number of halogens is 9. The molecule has 2 N–H and O–H groups in total. The molecule has 1 saturated heterocycles. The highest BCUT2D eigenvalue weighted by Crippen LogP contribution is 2.39. The van der Waals surface area contributed by atoms with Crippen LogP contribution in [-0.4, -0.2) is 58.9 Å². The Labute approximate surface area is 257 Å². The molecule has 7 nitrogen and oxygen atoms in total. The second-order valence-electron chi connectivity index (χ2n) is 11.1.